The van der Waals surface area contributed by atoms with E-state index in [9.17, 15) is 4.79 Å². The number of aryl methyl sites for hydroxylation is 1. The first kappa shape index (κ1) is 16.3. The SMILES string of the molecule is Cc1nsc(C(=O)N(CCc2ccccc2)Cc2ccccc2)n1. The van der Waals surface area contributed by atoms with Gasteiger partial charge in [-0.05, 0) is 36.0 Å². The lowest BCUT2D eigenvalue weighted by Gasteiger charge is -2.21. The van der Waals surface area contributed by atoms with Gasteiger partial charge in [0.1, 0.15) is 5.82 Å². The van der Waals surface area contributed by atoms with Crippen molar-refractivity contribution in [3.8, 4) is 0 Å². The molecule has 122 valence electrons. The van der Waals surface area contributed by atoms with E-state index in [0.29, 0.717) is 23.9 Å². The first-order chi connectivity index (χ1) is 11.7. The molecule has 24 heavy (non-hydrogen) atoms. The van der Waals surface area contributed by atoms with Crippen molar-refractivity contribution in [2.45, 2.75) is 19.9 Å². The molecular weight excluding hydrogens is 318 g/mol. The van der Waals surface area contributed by atoms with E-state index in [1.807, 2.05) is 53.4 Å². The van der Waals surface area contributed by atoms with Gasteiger partial charge in [-0.1, -0.05) is 60.7 Å². The van der Waals surface area contributed by atoms with Crippen LogP contribution in [0.5, 0.6) is 0 Å². The molecule has 1 aromatic heterocycles. The molecular formula is C19H19N3OS. The molecule has 0 fully saturated rings. The third kappa shape index (κ3) is 4.26. The van der Waals surface area contributed by atoms with Crippen LogP contribution in [0.3, 0.4) is 0 Å². The second-order valence-electron chi connectivity index (χ2n) is 5.59. The van der Waals surface area contributed by atoms with E-state index < -0.39 is 0 Å². The van der Waals surface area contributed by atoms with Crippen molar-refractivity contribution in [3.05, 3.63) is 82.6 Å². The summed E-state index contributed by atoms with van der Waals surface area (Å²) in [5, 5.41) is 0.455. The Morgan fingerprint density at radius 2 is 1.62 bits per heavy atom. The maximum absolute atomic E-state index is 12.8. The van der Waals surface area contributed by atoms with Gasteiger partial charge in [0, 0.05) is 13.1 Å². The minimum atomic E-state index is -0.0552. The highest BCUT2D eigenvalue weighted by atomic mass is 32.1. The Morgan fingerprint density at radius 1 is 1.00 bits per heavy atom. The maximum Gasteiger partial charge on any atom is 0.284 e. The molecule has 1 heterocycles. The van der Waals surface area contributed by atoms with Crippen molar-refractivity contribution in [2.75, 3.05) is 6.54 Å². The topological polar surface area (TPSA) is 46.1 Å². The first-order valence-corrected chi connectivity index (χ1v) is 8.67. The van der Waals surface area contributed by atoms with Crippen LogP contribution in [0.2, 0.25) is 0 Å². The summed E-state index contributed by atoms with van der Waals surface area (Å²) in [6, 6.07) is 20.2. The normalized spacial score (nSPS) is 10.5. The van der Waals surface area contributed by atoms with Crippen LogP contribution in [0.4, 0.5) is 0 Å². The molecule has 5 heteroatoms. The van der Waals surface area contributed by atoms with Gasteiger partial charge in [-0.2, -0.15) is 4.37 Å². The molecule has 0 saturated carbocycles. The van der Waals surface area contributed by atoms with Crippen LogP contribution in [0.1, 0.15) is 26.8 Å². The molecule has 0 saturated heterocycles. The number of benzene rings is 2. The Balaban J connectivity index is 1.76. The minimum Gasteiger partial charge on any atom is -0.332 e. The van der Waals surface area contributed by atoms with Crippen LogP contribution in [0, 0.1) is 6.92 Å². The zero-order chi connectivity index (χ0) is 16.8. The number of carbonyl (C=O) groups is 1. The van der Waals surface area contributed by atoms with Crippen molar-refractivity contribution >= 4 is 17.4 Å². The molecule has 0 spiro atoms. The lowest BCUT2D eigenvalue weighted by atomic mass is 10.1. The molecule has 0 N–H and O–H groups in total. The zero-order valence-corrected chi connectivity index (χ0v) is 14.4. The molecule has 0 bridgehead atoms. The van der Waals surface area contributed by atoms with Crippen molar-refractivity contribution in [1.82, 2.24) is 14.3 Å². The molecule has 0 aliphatic heterocycles. The highest BCUT2D eigenvalue weighted by molar-refractivity contribution is 7.07. The standard InChI is InChI=1S/C19H19N3OS/c1-15-20-18(24-21-15)19(23)22(14-17-10-6-3-7-11-17)13-12-16-8-4-2-5-9-16/h2-11H,12-14H2,1H3. The molecule has 0 unspecified atom stereocenters. The fourth-order valence-corrected chi connectivity index (χ4v) is 3.12. The van der Waals surface area contributed by atoms with Crippen molar-refractivity contribution < 1.29 is 4.79 Å². The molecule has 0 aliphatic carbocycles. The fraction of sp³-hybridized carbons (Fsp3) is 0.211. The van der Waals surface area contributed by atoms with Crippen molar-refractivity contribution in [3.63, 3.8) is 0 Å². The number of rotatable bonds is 6. The van der Waals surface area contributed by atoms with E-state index in [0.717, 1.165) is 12.0 Å². The predicted molar refractivity (Wildman–Crippen MR) is 96.0 cm³/mol. The summed E-state index contributed by atoms with van der Waals surface area (Å²) in [4.78, 5) is 18.9. The predicted octanol–water partition coefficient (Wildman–Crippen LogP) is 3.73. The summed E-state index contributed by atoms with van der Waals surface area (Å²) in [7, 11) is 0. The summed E-state index contributed by atoms with van der Waals surface area (Å²) < 4.78 is 4.13. The van der Waals surface area contributed by atoms with Gasteiger partial charge in [0.2, 0.25) is 5.01 Å². The maximum atomic E-state index is 12.8. The number of carbonyl (C=O) groups excluding carboxylic acids is 1. The number of aromatic nitrogens is 2. The third-order valence-electron chi connectivity index (χ3n) is 3.73. The van der Waals surface area contributed by atoms with E-state index in [-0.39, 0.29) is 5.91 Å². The Kier molecular flexibility index (Phi) is 5.33. The Morgan fingerprint density at radius 3 is 2.21 bits per heavy atom. The van der Waals surface area contributed by atoms with Crippen LogP contribution < -0.4 is 0 Å². The molecule has 3 rings (SSSR count). The van der Waals surface area contributed by atoms with Gasteiger partial charge in [-0.25, -0.2) is 4.98 Å². The fourth-order valence-electron chi connectivity index (χ4n) is 2.48. The van der Waals surface area contributed by atoms with Crippen molar-refractivity contribution in [1.29, 1.82) is 0 Å². The average molecular weight is 337 g/mol. The summed E-state index contributed by atoms with van der Waals surface area (Å²) in [5.74, 6) is 0.589. The number of amides is 1. The van der Waals surface area contributed by atoms with Crippen LogP contribution >= 0.6 is 11.5 Å². The van der Waals surface area contributed by atoms with Crippen LogP contribution in [0.25, 0.3) is 0 Å². The molecule has 0 aliphatic rings. The highest BCUT2D eigenvalue weighted by Crippen LogP contribution is 2.13. The highest BCUT2D eigenvalue weighted by Gasteiger charge is 2.19. The second kappa shape index (κ2) is 7.84. The van der Waals surface area contributed by atoms with E-state index in [4.69, 9.17) is 0 Å². The lowest BCUT2D eigenvalue weighted by molar-refractivity contribution is 0.0744. The van der Waals surface area contributed by atoms with E-state index in [1.165, 1.54) is 17.1 Å². The van der Waals surface area contributed by atoms with Crippen LogP contribution in [-0.2, 0) is 13.0 Å². The largest absolute Gasteiger partial charge is 0.332 e. The quantitative estimate of drug-likeness (QED) is 0.688. The summed E-state index contributed by atoms with van der Waals surface area (Å²) in [5.41, 5.74) is 2.33. The zero-order valence-electron chi connectivity index (χ0n) is 13.6. The molecule has 4 nitrogen and oxygen atoms in total. The smallest absolute Gasteiger partial charge is 0.284 e. The van der Waals surface area contributed by atoms with Gasteiger partial charge in [0.25, 0.3) is 5.91 Å². The molecule has 3 aromatic rings. The Hall–Kier alpha value is -2.53. The van der Waals surface area contributed by atoms with E-state index in [2.05, 4.69) is 21.5 Å². The Bertz CT molecular complexity index is 787. The van der Waals surface area contributed by atoms with Crippen molar-refractivity contribution in [2.24, 2.45) is 0 Å². The van der Waals surface area contributed by atoms with E-state index >= 15 is 0 Å². The van der Waals surface area contributed by atoms with Gasteiger partial charge in [-0.15, -0.1) is 0 Å². The molecule has 2 aromatic carbocycles. The minimum absolute atomic E-state index is 0.0552. The molecule has 0 atom stereocenters. The summed E-state index contributed by atoms with van der Waals surface area (Å²) >= 11 is 1.17. The summed E-state index contributed by atoms with van der Waals surface area (Å²) in [6.45, 7) is 3.03. The van der Waals surface area contributed by atoms with Gasteiger partial charge in [-0.3, -0.25) is 4.79 Å². The number of nitrogens with zero attached hydrogens (tertiary/aromatic N) is 3. The Labute approximate surface area is 146 Å². The van der Waals surface area contributed by atoms with Gasteiger partial charge < -0.3 is 4.90 Å². The van der Waals surface area contributed by atoms with Gasteiger partial charge in [0.05, 0.1) is 0 Å². The number of hydrogen-bond donors (Lipinski definition) is 0. The molecule has 1 amide bonds. The monoisotopic (exact) mass is 337 g/mol. The van der Waals surface area contributed by atoms with E-state index in [1.54, 1.807) is 6.92 Å². The first-order valence-electron chi connectivity index (χ1n) is 7.90. The number of hydrogen-bond acceptors (Lipinski definition) is 4. The third-order valence-corrected chi connectivity index (χ3v) is 4.52. The van der Waals surface area contributed by atoms with Crippen LogP contribution in [-0.4, -0.2) is 26.7 Å². The lowest BCUT2D eigenvalue weighted by Crippen LogP contribution is -2.32. The summed E-state index contributed by atoms with van der Waals surface area (Å²) in [6.07, 6.45) is 0.817. The average Bonchev–Trinajstić information content (AvgIpc) is 3.06. The molecule has 0 radical (unpaired) electrons. The second-order valence-corrected chi connectivity index (χ2v) is 6.35. The van der Waals surface area contributed by atoms with Crippen LogP contribution in [0.15, 0.2) is 60.7 Å². The van der Waals surface area contributed by atoms with Gasteiger partial charge in [0.15, 0.2) is 0 Å². The van der Waals surface area contributed by atoms with Gasteiger partial charge >= 0.3 is 0 Å².